The molecule has 0 spiro atoms. The summed E-state index contributed by atoms with van der Waals surface area (Å²) in [5.74, 6) is 0.735. The molecule has 3 N–H and O–H groups in total. The Morgan fingerprint density at radius 1 is 1.35 bits per heavy atom. The molecular weight excluding hydrogens is 289 g/mol. The first kappa shape index (κ1) is 14.3. The van der Waals surface area contributed by atoms with E-state index in [0.717, 1.165) is 48.4 Å². The topological polar surface area (TPSA) is 86.1 Å². The van der Waals surface area contributed by atoms with Crippen LogP contribution in [0.1, 0.15) is 24.5 Å². The highest BCUT2D eigenvalue weighted by molar-refractivity contribution is 6.36. The van der Waals surface area contributed by atoms with Gasteiger partial charge in [0.15, 0.2) is 5.65 Å². The minimum atomic E-state index is 0.285. The second-order valence-corrected chi connectivity index (χ2v) is 6.04. The zero-order valence-corrected chi connectivity index (χ0v) is 13.0. The van der Waals surface area contributed by atoms with E-state index in [2.05, 4.69) is 15.5 Å². The molecule has 3 aromatic heterocycles. The lowest BCUT2D eigenvalue weighted by molar-refractivity contribution is 0.456. The van der Waals surface area contributed by atoms with Crippen molar-refractivity contribution in [2.75, 3.05) is 18.8 Å². The molecule has 0 bridgehead atoms. The van der Waals surface area contributed by atoms with Crippen LogP contribution in [0.4, 0.5) is 5.82 Å². The third kappa shape index (κ3) is 2.30. The number of nitrogens with zero attached hydrogens (tertiary/aromatic N) is 5. The molecule has 0 amide bonds. The fourth-order valence-electron chi connectivity index (χ4n) is 3.21. The van der Waals surface area contributed by atoms with Crippen molar-refractivity contribution in [3.63, 3.8) is 0 Å². The van der Waals surface area contributed by atoms with Crippen LogP contribution >= 0.6 is 0 Å². The van der Waals surface area contributed by atoms with Gasteiger partial charge < -0.3 is 11.1 Å². The van der Waals surface area contributed by atoms with Crippen LogP contribution in [0.5, 0.6) is 0 Å². The van der Waals surface area contributed by atoms with E-state index in [1.807, 2.05) is 13.2 Å². The van der Waals surface area contributed by atoms with Gasteiger partial charge in [0.05, 0.1) is 12.4 Å². The third-order valence-electron chi connectivity index (χ3n) is 4.45. The number of aromatic nitrogens is 5. The second kappa shape index (κ2) is 5.38. The number of fused-ring (bicyclic) bond motifs is 1. The minimum absolute atomic E-state index is 0.285. The number of nitrogen functional groups attached to an aromatic ring is 1. The van der Waals surface area contributed by atoms with Gasteiger partial charge in [-0.3, -0.25) is 4.68 Å². The van der Waals surface area contributed by atoms with Gasteiger partial charge in [0, 0.05) is 42.5 Å². The summed E-state index contributed by atoms with van der Waals surface area (Å²) in [7, 11) is 8.12. The van der Waals surface area contributed by atoms with E-state index < -0.39 is 0 Å². The van der Waals surface area contributed by atoms with Crippen LogP contribution in [0.25, 0.3) is 16.8 Å². The molecule has 4 rings (SSSR count). The van der Waals surface area contributed by atoms with Crippen molar-refractivity contribution in [3.05, 3.63) is 24.3 Å². The fourth-order valence-corrected chi connectivity index (χ4v) is 3.21. The maximum Gasteiger partial charge on any atom is 0.165 e. The van der Waals surface area contributed by atoms with Crippen LogP contribution in [0.3, 0.4) is 0 Å². The van der Waals surface area contributed by atoms with Gasteiger partial charge in [-0.1, -0.05) is 0 Å². The summed E-state index contributed by atoms with van der Waals surface area (Å²) < 4.78 is 3.36. The average molecular weight is 307 g/mol. The number of hydrogen-bond acceptors (Lipinski definition) is 5. The first-order chi connectivity index (χ1) is 11.1. The highest BCUT2D eigenvalue weighted by Crippen LogP contribution is 2.27. The molecule has 4 heterocycles. The van der Waals surface area contributed by atoms with Gasteiger partial charge in [0.25, 0.3) is 0 Å². The van der Waals surface area contributed by atoms with Gasteiger partial charge in [0.1, 0.15) is 13.7 Å². The van der Waals surface area contributed by atoms with Crippen molar-refractivity contribution in [1.29, 1.82) is 0 Å². The van der Waals surface area contributed by atoms with Gasteiger partial charge in [-0.15, -0.1) is 0 Å². The van der Waals surface area contributed by atoms with Crippen molar-refractivity contribution >= 4 is 24.8 Å². The highest BCUT2D eigenvalue weighted by Gasteiger charge is 2.22. The molecule has 1 aliphatic heterocycles. The summed E-state index contributed by atoms with van der Waals surface area (Å²) in [5, 5.41) is 12.0. The van der Waals surface area contributed by atoms with Crippen molar-refractivity contribution in [3.8, 4) is 11.1 Å². The predicted molar refractivity (Wildman–Crippen MR) is 89.8 cm³/mol. The molecule has 0 aliphatic carbocycles. The average Bonchev–Trinajstić information content (AvgIpc) is 3.17. The third-order valence-corrected chi connectivity index (χ3v) is 4.45. The lowest BCUT2D eigenvalue weighted by Gasteiger charge is -2.24. The molecule has 0 unspecified atom stereocenters. The van der Waals surface area contributed by atoms with Crippen LogP contribution in [-0.4, -0.2) is 45.3 Å². The Bertz CT molecular complexity index is 860. The Kier molecular flexibility index (Phi) is 3.34. The smallest absolute Gasteiger partial charge is 0.165 e. The Hall–Kier alpha value is -2.35. The van der Waals surface area contributed by atoms with E-state index in [0.29, 0.717) is 11.3 Å². The zero-order chi connectivity index (χ0) is 16.0. The molecular formula is C15H18BN7. The quantitative estimate of drug-likeness (QED) is 0.650. The molecule has 0 saturated carbocycles. The number of nitrogens with one attached hydrogen (secondary N) is 1. The number of nitrogens with two attached hydrogens (primary N) is 1. The monoisotopic (exact) mass is 307 g/mol. The Balaban J connectivity index is 1.89. The standard InChI is InChI=1S/C15H18BN7/c1-22-8-10(6-19-22)11-7-20-23-14(17)12(16)13(21-15(11)23)9-3-2-4-18-5-9/h6-9,18H,2-5,17H2,1H3/t9-/m1/s1. The highest BCUT2D eigenvalue weighted by atomic mass is 15.3. The normalized spacial score (nSPS) is 18.6. The maximum absolute atomic E-state index is 6.24. The van der Waals surface area contributed by atoms with Crippen molar-refractivity contribution in [1.82, 2.24) is 29.7 Å². The molecule has 1 atom stereocenters. The van der Waals surface area contributed by atoms with Crippen LogP contribution in [0.2, 0.25) is 0 Å². The summed E-state index contributed by atoms with van der Waals surface area (Å²) in [6.45, 7) is 1.92. The molecule has 1 fully saturated rings. The first-order valence-electron chi connectivity index (χ1n) is 7.77. The van der Waals surface area contributed by atoms with Gasteiger partial charge in [-0.25, -0.2) is 4.98 Å². The summed E-state index contributed by atoms with van der Waals surface area (Å²) in [4.78, 5) is 4.82. The molecule has 23 heavy (non-hydrogen) atoms. The largest absolute Gasteiger partial charge is 0.384 e. The lowest BCUT2D eigenvalue weighted by Crippen LogP contribution is -2.33. The Morgan fingerprint density at radius 3 is 2.91 bits per heavy atom. The molecule has 8 heteroatoms. The number of anilines is 1. The number of rotatable bonds is 2. The van der Waals surface area contributed by atoms with Crippen LogP contribution in [-0.2, 0) is 7.05 Å². The SMILES string of the molecule is [B]c1c([C@@H]2CCCNC2)nc2c(-c3cnn(C)c3)cnn2c1N. The van der Waals surface area contributed by atoms with Crippen LogP contribution in [0.15, 0.2) is 18.6 Å². The predicted octanol–water partition coefficient (Wildman–Crippen LogP) is -0.0272. The Morgan fingerprint density at radius 2 is 2.22 bits per heavy atom. The summed E-state index contributed by atoms with van der Waals surface area (Å²) >= 11 is 0. The van der Waals surface area contributed by atoms with Crippen LogP contribution < -0.4 is 16.5 Å². The van der Waals surface area contributed by atoms with Gasteiger partial charge in [0.2, 0.25) is 0 Å². The van der Waals surface area contributed by atoms with E-state index >= 15 is 0 Å². The molecule has 1 saturated heterocycles. The molecule has 1 aliphatic rings. The lowest BCUT2D eigenvalue weighted by atomic mass is 9.85. The Labute approximate surface area is 135 Å². The van der Waals surface area contributed by atoms with Crippen molar-refractivity contribution in [2.45, 2.75) is 18.8 Å². The van der Waals surface area contributed by atoms with Crippen LogP contribution in [0, 0.1) is 0 Å². The molecule has 0 aromatic carbocycles. The zero-order valence-electron chi connectivity index (χ0n) is 13.0. The molecule has 3 aromatic rings. The van der Waals surface area contributed by atoms with E-state index in [1.165, 1.54) is 0 Å². The molecule has 116 valence electrons. The minimum Gasteiger partial charge on any atom is -0.384 e. The number of hydrogen-bond donors (Lipinski definition) is 2. The van der Waals surface area contributed by atoms with E-state index in [9.17, 15) is 0 Å². The van der Waals surface area contributed by atoms with Gasteiger partial charge in [-0.05, 0) is 24.8 Å². The van der Waals surface area contributed by atoms with Crippen molar-refractivity contribution < 1.29 is 0 Å². The van der Waals surface area contributed by atoms with Gasteiger partial charge >= 0.3 is 0 Å². The fraction of sp³-hybridized carbons (Fsp3) is 0.400. The molecule has 2 radical (unpaired) electrons. The van der Waals surface area contributed by atoms with E-state index in [-0.39, 0.29) is 5.92 Å². The van der Waals surface area contributed by atoms with E-state index in [4.69, 9.17) is 18.6 Å². The second-order valence-electron chi connectivity index (χ2n) is 6.04. The van der Waals surface area contributed by atoms with Gasteiger partial charge in [-0.2, -0.15) is 14.7 Å². The molecule has 7 nitrogen and oxygen atoms in total. The number of aryl methyl sites for hydroxylation is 1. The summed E-state index contributed by atoms with van der Waals surface area (Å²) in [5.41, 5.74) is 10.2. The first-order valence-corrected chi connectivity index (χ1v) is 7.77. The summed E-state index contributed by atoms with van der Waals surface area (Å²) in [6.07, 6.45) is 7.68. The summed E-state index contributed by atoms with van der Waals surface area (Å²) in [6, 6.07) is 0. The van der Waals surface area contributed by atoms with E-state index in [1.54, 1.807) is 21.6 Å². The van der Waals surface area contributed by atoms with Crippen molar-refractivity contribution in [2.24, 2.45) is 7.05 Å². The number of piperidine rings is 1. The maximum atomic E-state index is 6.24.